The van der Waals surface area contributed by atoms with Gasteiger partial charge in [-0.2, -0.15) is 0 Å². The number of imidazole rings is 1. The number of hydrogen-bond donors (Lipinski definition) is 3. The number of H-pyrrole nitrogens is 1. The molecule has 1 atom stereocenters. The van der Waals surface area contributed by atoms with E-state index in [1.54, 1.807) is 6.07 Å². The van der Waals surface area contributed by atoms with Crippen LogP contribution in [-0.4, -0.2) is 28.5 Å². The molecule has 3 rings (SSSR count). The second-order valence-corrected chi connectivity index (χ2v) is 4.43. The Kier molecular flexibility index (Phi) is 2.62. The van der Waals surface area contributed by atoms with Crippen molar-refractivity contribution in [2.24, 2.45) is 0 Å². The van der Waals surface area contributed by atoms with Gasteiger partial charge in [-0.05, 0) is 24.6 Å². The highest BCUT2D eigenvalue weighted by Crippen LogP contribution is 2.16. The third-order valence-corrected chi connectivity index (χ3v) is 3.04. The van der Waals surface area contributed by atoms with E-state index in [1.807, 2.05) is 0 Å². The first-order chi connectivity index (χ1) is 8.70. The maximum absolute atomic E-state index is 13.0. The first-order valence-corrected chi connectivity index (χ1v) is 5.89. The number of halogens is 1. The number of amides is 1. The fourth-order valence-electron chi connectivity index (χ4n) is 2.12. The Morgan fingerprint density at radius 2 is 2.39 bits per heavy atom. The molecule has 1 aliphatic rings. The van der Waals surface area contributed by atoms with Crippen LogP contribution in [0.1, 0.15) is 12.8 Å². The Labute approximate surface area is 103 Å². The monoisotopic (exact) mass is 248 g/mol. The number of hydrogen-bond acceptors (Lipinski definition) is 3. The van der Waals surface area contributed by atoms with Crippen molar-refractivity contribution in [2.75, 3.05) is 11.9 Å². The molecular formula is C12H13FN4O. The van der Waals surface area contributed by atoms with E-state index < -0.39 is 0 Å². The van der Waals surface area contributed by atoms with Crippen molar-refractivity contribution in [3.63, 3.8) is 0 Å². The fourth-order valence-corrected chi connectivity index (χ4v) is 2.12. The molecule has 1 saturated heterocycles. The summed E-state index contributed by atoms with van der Waals surface area (Å²) in [5.41, 5.74) is 1.38. The number of fused-ring (bicyclic) bond motifs is 1. The predicted molar refractivity (Wildman–Crippen MR) is 65.7 cm³/mol. The predicted octanol–water partition coefficient (Wildman–Crippen LogP) is 1.39. The maximum Gasteiger partial charge on any atom is 0.220 e. The number of carbonyl (C=O) groups is 1. The molecule has 94 valence electrons. The maximum atomic E-state index is 13.0. The minimum Gasteiger partial charge on any atom is -0.354 e. The summed E-state index contributed by atoms with van der Waals surface area (Å²) in [6.07, 6.45) is 1.42. The molecule has 2 aromatic rings. The van der Waals surface area contributed by atoms with Gasteiger partial charge < -0.3 is 15.6 Å². The SMILES string of the molecule is O=C1CCC(CNc2nc3ccc(F)cc3[nH]2)N1. The van der Waals surface area contributed by atoms with Crippen LogP contribution in [0.4, 0.5) is 10.3 Å². The van der Waals surface area contributed by atoms with Gasteiger partial charge in [0.05, 0.1) is 11.0 Å². The lowest BCUT2D eigenvalue weighted by molar-refractivity contribution is -0.119. The van der Waals surface area contributed by atoms with Crippen LogP contribution in [0.15, 0.2) is 18.2 Å². The lowest BCUT2D eigenvalue weighted by Gasteiger charge is -2.09. The van der Waals surface area contributed by atoms with Gasteiger partial charge in [0.15, 0.2) is 0 Å². The molecule has 1 fully saturated rings. The molecule has 0 spiro atoms. The standard InChI is InChI=1S/C12H13FN4O/c13-7-1-3-9-10(5-7)17-12(16-9)14-6-8-2-4-11(18)15-8/h1,3,5,8H,2,4,6H2,(H,15,18)(H2,14,16,17). The summed E-state index contributed by atoms with van der Waals surface area (Å²) in [7, 11) is 0. The Hall–Kier alpha value is -2.11. The molecule has 1 amide bonds. The van der Waals surface area contributed by atoms with Crippen molar-refractivity contribution < 1.29 is 9.18 Å². The number of benzene rings is 1. The lowest BCUT2D eigenvalue weighted by atomic mass is 10.2. The highest BCUT2D eigenvalue weighted by molar-refractivity contribution is 5.79. The van der Waals surface area contributed by atoms with E-state index in [2.05, 4.69) is 20.6 Å². The second kappa shape index (κ2) is 4.29. The highest BCUT2D eigenvalue weighted by atomic mass is 19.1. The molecule has 0 saturated carbocycles. The van der Waals surface area contributed by atoms with Gasteiger partial charge in [0.1, 0.15) is 5.82 Å². The van der Waals surface area contributed by atoms with E-state index >= 15 is 0 Å². The van der Waals surface area contributed by atoms with Gasteiger partial charge in [0.2, 0.25) is 11.9 Å². The molecule has 1 aromatic heterocycles. The average molecular weight is 248 g/mol. The van der Waals surface area contributed by atoms with Crippen molar-refractivity contribution in [3.05, 3.63) is 24.0 Å². The van der Waals surface area contributed by atoms with Crippen LogP contribution < -0.4 is 10.6 Å². The summed E-state index contributed by atoms with van der Waals surface area (Å²) in [5.74, 6) is 0.394. The van der Waals surface area contributed by atoms with E-state index in [0.29, 0.717) is 29.9 Å². The number of nitrogens with zero attached hydrogens (tertiary/aromatic N) is 1. The van der Waals surface area contributed by atoms with Crippen molar-refractivity contribution in [3.8, 4) is 0 Å². The molecule has 0 radical (unpaired) electrons. The molecule has 0 bridgehead atoms. The van der Waals surface area contributed by atoms with Crippen LogP contribution in [0.5, 0.6) is 0 Å². The summed E-state index contributed by atoms with van der Waals surface area (Å²) in [6, 6.07) is 4.56. The van der Waals surface area contributed by atoms with E-state index in [-0.39, 0.29) is 17.8 Å². The normalized spacial score (nSPS) is 19.2. The minimum absolute atomic E-state index is 0.0912. The van der Waals surface area contributed by atoms with Crippen molar-refractivity contribution >= 4 is 22.9 Å². The Balaban J connectivity index is 1.69. The lowest BCUT2D eigenvalue weighted by Crippen LogP contribution is -2.32. The van der Waals surface area contributed by atoms with Gasteiger partial charge in [-0.1, -0.05) is 0 Å². The molecule has 1 unspecified atom stereocenters. The van der Waals surface area contributed by atoms with Crippen molar-refractivity contribution in [2.45, 2.75) is 18.9 Å². The molecule has 18 heavy (non-hydrogen) atoms. The number of aromatic amines is 1. The highest BCUT2D eigenvalue weighted by Gasteiger charge is 2.20. The van der Waals surface area contributed by atoms with Crippen LogP contribution in [0.2, 0.25) is 0 Å². The van der Waals surface area contributed by atoms with Crippen LogP contribution in [0.3, 0.4) is 0 Å². The van der Waals surface area contributed by atoms with Gasteiger partial charge in [0.25, 0.3) is 0 Å². The zero-order chi connectivity index (χ0) is 12.5. The van der Waals surface area contributed by atoms with Gasteiger partial charge in [-0.3, -0.25) is 4.79 Å². The molecular weight excluding hydrogens is 235 g/mol. The van der Waals surface area contributed by atoms with Crippen LogP contribution in [0, 0.1) is 5.82 Å². The number of rotatable bonds is 3. The van der Waals surface area contributed by atoms with E-state index in [9.17, 15) is 9.18 Å². The molecule has 3 N–H and O–H groups in total. The Morgan fingerprint density at radius 3 is 3.17 bits per heavy atom. The largest absolute Gasteiger partial charge is 0.354 e. The Bertz CT molecular complexity index is 595. The smallest absolute Gasteiger partial charge is 0.220 e. The van der Waals surface area contributed by atoms with E-state index in [1.165, 1.54) is 12.1 Å². The van der Waals surface area contributed by atoms with Gasteiger partial charge in [-0.25, -0.2) is 9.37 Å². The van der Waals surface area contributed by atoms with E-state index in [4.69, 9.17) is 0 Å². The van der Waals surface area contributed by atoms with Gasteiger partial charge >= 0.3 is 0 Å². The average Bonchev–Trinajstić information content (AvgIpc) is 2.92. The summed E-state index contributed by atoms with van der Waals surface area (Å²) >= 11 is 0. The molecule has 1 aromatic carbocycles. The first-order valence-electron chi connectivity index (χ1n) is 5.89. The first kappa shape index (κ1) is 11.0. The number of aromatic nitrogens is 2. The minimum atomic E-state index is -0.291. The van der Waals surface area contributed by atoms with Crippen LogP contribution in [-0.2, 0) is 4.79 Å². The molecule has 0 aliphatic carbocycles. The van der Waals surface area contributed by atoms with Crippen LogP contribution >= 0.6 is 0 Å². The summed E-state index contributed by atoms with van der Waals surface area (Å²) in [4.78, 5) is 18.3. The van der Waals surface area contributed by atoms with Crippen LogP contribution in [0.25, 0.3) is 11.0 Å². The number of anilines is 1. The quantitative estimate of drug-likeness (QED) is 0.768. The number of nitrogens with one attached hydrogen (secondary N) is 3. The fraction of sp³-hybridized carbons (Fsp3) is 0.333. The third-order valence-electron chi connectivity index (χ3n) is 3.04. The second-order valence-electron chi connectivity index (χ2n) is 4.43. The summed E-state index contributed by atoms with van der Waals surface area (Å²) in [6.45, 7) is 0.619. The van der Waals surface area contributed by atoms with Crippen molar-refractivity contribution in [1.29, 1.82) is 0 Å². The Morgan fingerprint density at radius 1 is 1.50 bits per heavy atom. The zero-order valence-electron chi connectivity index (χ0n) is 9.66. The van der Waals surface area contributed by atoms with Gasteiger partial charge in [0, 0.05) is 19.0 Å². The molecule has 1 aliphatic heterocycles. The van der Waals surface area contributed by atoms with Gasteiger partial charge in [-0.15, -0.1) is 0 Å². The molecule has 6 heteroatoms. The topological polar surface area (TPSA) is 69.8 Å². The third kappa shape index (κ3) is 2.13. The molecule has 2 heterocycles. The molecule has 5 nitrogen and oxygen atoms in total. The number of carbonyl (C=O) groups excluding carboxylic acids is 1. The summed E-state index contributed by atoms with van der Waals surface area (Å²) in [5, 5.41) is 5.98. The van der Waals surface area contributed by atoms with E-state index in [0.717, 1.165) is 6.42 Å². The summed E-state index contributed by atoms with van der Waals surface area (Å²) < 4.78 is 13.0. The zero-order valence-corrected chi connectivity index (χ0v) is 9.66. The van der Waals surface area contributed by atoms with Crippen molar-refractivity contribution in [1.82, 2.24) is 15.3 Å².